The van der Waals surface area contributed by atoms with Gasteiger partial charge in [-0.15, -0.1) is 11.3 Å². The van der Waals surface area contributed by atoms with E-state index in [9.17, 15) is 24.4 Å². The summed E-state index contributed by atoms with van der Waals surface area (Å²) < 4.78 is 17.3. The van der Waals surface area contributed by atoms with E-state index >= 15 is 0 Å². The van der Waals surface area contributed by atoms with Crippen molar-refractivity contribution in [3.63, 3.8) is 0 Å². The summed E-state index contributed by atoms with van der Waals surface area (Å²) in [6, 6.07) is 20.8. The molecule has 1 unspecified atom stereocenters. The minimum atomic E-state index is -0.961. The van der Waals surface area contributed by atoms with E-state index in [2.05, 4.69) is 15.6 Å². The molecule has 3 aromatic carbocycles. The van der Waals surface area contributed by atoms with Crippen LogP contribution in [0.15, 0.2) is 72.2 Å². The summed E-state index contributed by atoms with van der Waals surface area (Å²) >= 11 is 13.6. The second-order valence-electron chi connectivity index (χ2n) is 17.9. The van der Waals surface area contributed by atoms with Crippen LogP contribution in [0.4, 0.5) is 11.4 Å². The van der Waals surface area contributed by atoms with Crippen LogP contribution in [-0.2, 0) is 35.2 Å². The van der Waals surface area contributed by atoms with Crippen molar-refractivity contribution in [2.75, 3.05) is 49.4 Å². The molecule has 1 aromatic heterocycles. The third kappa shape index (κ3) is 12.1. The first kappa shape index (κ1) is 50.0. The number of thiocarbonyl (C=S) groups is 1. The lowest BCUT2D eigenvalue weighted by atomic mass is 9.85. The highest BCUT2D eigenvalue weighted by atomic mass is 35.5. The van der Waals surface area contributed by atoms with E-state index in [0.29, 0.717) is 80.9 Å². The monoisotopic (exact) mass is 955 g/mol. The summed E-state index contributed by atoms with van der Waals surface area (Å²) in [4.78, 5) is 64.1. The highest BCUT2D eigenvalue weighted by Gasteiger charge is 2.50. The third-order valence-corrected chi connectivity index (χ3v) is 13.2. The number of anilines is 2. The number of likely N-dealkylation sites (tertiary alicyclic amines) is 1. The predicted octanol–water partition coefficient (Wildman–Crippen LogP) is 7.98. The van der Waals surface area contributed by atoms with Gasteiger partial charge in [0.05, 0.1) is 39.0 Å². The van der Waals surface area contributed by atoms with Gasteiger partial charge in [0.1, 0.15) is 36.0 Å². The van der Waals surface area contributed by atoms with Gasteiger partial charge in [0.15, 0.2) is 5.11 Å². The molecular formula is C49H58ClN7O7S2. The van der Waals surface area contributed by atoms with E-state index in [0.717, 1.165) is 40.2 Å². The van der Waals surface area contributed by atoms with Gasteiger partial charge >= 0.3 is 0 Å². The number of ether oxygens (including phenoxy) is 3. The first-order valence-corrected chi connectivity index (χ1v) is 23.8. The van der Waals surface area contributed by atoms with Crippen LogP contribution in [0.3, 0.4) is 0 Å². The first-order valence-electron chi connectivity index (χ1n) is 22.1. The lowest BCUT2D eigenvalue weighted by Crippen LogP contribution is -2.58. The zero-order chi connectivity index (χ0) is 47.6. The van der Waals surface area contributed by atoms with Gasteiger partial charge in [-0.3, -0.25) is 24.1 Å². The molecule has 2 N–H and O–H groups in total. The standard InChI is InChI=1S/C49H58ClN7O7S2/c1-32-42(66-31-53-32)34-14-12-33(13-15-34)29-52-44(59)40-11-9-22-55(40)45(60)43(48(2,3)4)54-41(58)30-63-25-10-24-62-23-7-8-26-64-38-20-18-36(19-21-38)57-47(65)56(46(61)49(57,5)6)37-17-16-35(28-51)39(50)27-37/h12-21,27,31,40,43H,7-11,22-26,29-30H2,1-6H3,(H,52,59)(H,54,58)/t40-,43?/m0/s1. The summed E-state index contributed by atoms with van der Waals surface area (Å²) in [6.45, 7) is 13.7. The van der Waals surface area contributed by atoms with Crippen molar-refractivity contribution in [2.45, 2.75) is 97.8 Å². The molecule has 0 radical (unpaired) electrons. The quantitative estimate of drug-likeness (QED) is 0.0652. The number of unbranched alkanes of at least 4 members (excludes halogenated alkanes) is 1. The second-order valence-corrected chi connectivity index (χ2v) is 19.5. The van der Waals surface area contributed by atoms with Gasteiger partial charge in [0, 0.05) is 38.6 Å². The Kier molecular flexibility index (Phi) is 16.9. The fraction of sp³-hybridized carbons (Fsp3) is 0.449. The number of nitrogens with zero attached hydrogens (tertiary/aromatic N) is 5. The van der Waals surface area contributed by atoms with Gasteiger partial charge < -0.3 is 34.6 Å². The molecule has 0 bridgehead atoms. The lowest BCUT2D eigenvalue weighted by molar-refractivity contribution is -0.144. The molecular weight excluding hydrogens is 898 g/mol. The average molecular weight is 957 g/mol. The number of hydrogen-bond donors (Lipinski definition) is 2. The molecule has 0 spiro atoms. The molecule has 2 saturated heterocycles. The topological polar surface area (TPSA) is 166 Å². The van der Waals surface area contributed by atoms with Gasteiger partial charge in [-0.2, -0.15) is 5.26 Å². The molecule has 14 nitrogen and oxygen atoms in total. The Morgan fingerprint density at radius 3 is 2.33 bits per heavy atom. The van der Waals surface area contributed by atoms with E-state index in [-0.39, 0.29) is 29.4 Å². The van der Waals surface area contributed by atoms with Crippen molar-refractivity contribution in [3.05, 3.63) is 94.1 Å². The molecule has 2 atom stereocenters. The Hall–Kier alpha value is -5.44. The summed E-state index contributed by atoms with van der Waals surface area (Å²) in [7, 11) is 0. The molecule has 4 aromatic rings. The molecule has 17 heteroatoms. The van der Waals surface area contributed by atoms with Gasteiger partial charge in [-0.25, -0.2) is 4.98 Å². The van der Waals surface area contributed by atoms with Crippen LogP contribution in [0.5, 0.6) is 5.75 Å². The van der Waals surface area contributed by atoms with Crippen molar-refractivity contribution < 1.29 is 33.4 Å². The zero-order valence-electron chi connectivity index (χ0n) is 38.4. The SMILES string of the molecule is Cc1ncsc1-c1ccc(CNC(=O)[C@@H]2CCCN2C(=O)C(NC(=O)COCCCOCCCCOc2ccc(N3C(=S)N(c4ccc(C#N)c(Cl)c4)C(=O)C3(C)C)cc2)C(C)(C)C)cc1. The van der Waals surface area contributed by atoms with Crippen LogP contribution in [0, 0.1) is 23.7 Å². The number of thiazole rings is 1. The number of halogens is 1. The first-order chi connectivity index (χ1) is 31.5. The summed E-state index contributed by atoms with van der Waals surface area (Å²) in [5.41, 5.74) is 4.84. The molecule has 0 saturated carbocycles. The number of carbonyl (C=O) groups excluding carboxylic acids is 4. The number of amides is 4. The number of aryl methyl sites for hydroxylation is 1. The van der Waals surface area contributed by atoms with Crippen LogP contribution < -0.4 is 25.2 Å². The van der Waals surface area contributed by atoms with Gasteiger partial charge in [0.2, 0.25) is 17.7 Å². The molecule has 0 aliphatic carbocycles. The molecule has 2 aliphatic heterocycles. The zero-order valence-corrected chi connectivity index (χ0v) is 40.7. The van der Waals surface area contributed by atoms with E-state index in [1.807, 2.05) is 102 Å². The van der Waals surface area contributed by atoms with E-state index < -0.39 is 28.9 Å². The van der Waals surface area contributed by atoms with Crippen LogP contribution >= 0.6 is 35.2 Å². The fourth-order valence-electron chi connectivity index (χ4n) is 7.89. The minimum Gasteiger partial charge on any atom is -0.494 e. The van der Waals surface area contributed by atoms with Gasteiger partial charge in [0.25, 0.3) is 5.91 Å². The highest BCUT2D eigenvalue weighted by Crippen LogP contribution is 2.38. The molecule has 6 rings (SSSR count). The Morgan fingerprint density at radius 2 is 1.67 bits per heavy atom. The number of carbonyl (C=O) groups is 4. The minimum absolute atomic E-state index is 0.198. The number of aromatic nitrogens is 1. The highest BCUT2D eigenvalue weighted by molar-refractivity contribution is 7.81. The Labute approximate surface area is 401 Å². The van der Waals surface area contributed by atoms with Crippen molar-refractivity contribution in [3.8, 4) is 22.3 Å². The maximum Gasteiger partial charge on any atom is 0.259 e. The molecule has 4 amide bonds. The molecule has 2 fully saturated rings. The van der Waals surface area contributed by atoms with Crippen LogP contribution in [-0.4, -0.2) is 95.8 Å². The molecule has 66 heavy (non-hydrogen) atoms. The molecule has 3 heterocycles. The van der Waals surface area contributed by atoms with Gasteiger partial charge in [-0.1, -0.05) is 56.6 Å². The number of hydrogen-bond acceptors (Lipinski definition) is 11. The number of nitriles is 1. The Bertz CT molecular complexity index is 2410. The normalized spacial score (nSPS) is 16.3. The summed E-state index contributed by atoms with van der Waals surface area (Å²) in [5.74, 6) is -0.407. The van der Waals surface area contributed by atoms with Crippen molar-refractivity contribution in [2.24, 2.45) is 5.41 Å². The maximum absolute atomic E-state index is 13.9. The fourth-order valence-corrected chi connectivity index (χ4v) is 9.44. The van der Waals surface area contributed by atoms with E-state index in [1.54, 1.807) is 39.3 Å². The predicted molar refractivity (Wildman–Crippen MR) is 260 cm³/mol. The van der Waals surface area contributed by atoms with Gasteiger partial charge in [-0.05, 0) is 124 Å². The summed E-state index contributed by atoms with van der Waals surface area (Å²) in [5, 5.41) is 15.7. The Balaban J connectivity index is 0.846. The van der Waals surface area contributed by atoms with Crippen molar-refractivity contribution in [1.29, 1.82) is 5.26 Å². The van der Waals surface area contributed by atoms with E-state index in [4.69, 9.17) is 38.0 Å². The molecule has 2 aliphatic rings. The largest absolute Gasteiger partial charge is 0.494 e. The Morgan fingerprint density at radius 1 is 0.985 bits per heavy atom. The average Bonchev–Trinajstić information content (AvgIpc) is 4.00. The third-order valence-electron chi connectivity index (χ3n) is 11.5. The van der Waals surface area contributed by atoms with Crippen molar-refractivity contribution >= 4 is 75.3 Å². The maximum atomic E-state index is 13.9. The lowest BCUT2D eigenvalue weighted by Gasteiger charge is -2.35. The number of benzene rings is 3. The van der Waals surface area contributed by atoms with E-state index in [1.165, 1.54) is 4.90 Å². The molecule has 350 valence electrons. The summed E-state index contributed by atoms with van der Waals surface area (Å²) in [6.07, 6.45) is 3.42. The smallest absolute Gasteiger partial charge is 0.259 e. The second kappa shape index (κ2) is 22.4. The van der Waals surface area contributed by atoms with Crippen LogP contribution in [0.2, 0.25) is 5.02 Å². The van der Waals surface area contributed by atoms with Crippen molar-refractivity contribution in [1.82, 2.24) is 20.5 Å². The van der Waals surface area contributed by atoms with Crippen LogP contribution in [0.1, 0.15) is 83.5 Å². The number of nitrogens with one attached hydrogen (secondary N) is 2. The van der Waals surface area contributed by atoms with Crippen LogP contribution in [0.25, 0.3) is 10.4 Å². The number of rotatable bonds is 20.